The fraction of sp³-hybridized carbons (Fsp3) is 0.125. The lowest BCUT2D eigenvalue weighted by Gasteiger charge is -2.03. The minimum Gasteiger partial charge on any atom is -0.355 e. The summed E-state index contributed by atoms with van der Waals surface area (Å²) >= 11 is 12.2. The number of aryl methyl sites for hydroxylation is 1. The van der Waals surface area contributed by atoms with E-state index in [1.165, 1.54) is 0 Å². The predicted molar refractivity (Wildman–Crippen MR) is 83.5 cm³/mol. The third-order valence-corrected chi connectivity index (χ3v) is 3.80. The second-order valence-corrected chi connectivity index (χ2v) is 5.63. The molecule has 0 aliphatic rings. The molecule has 0 saturated heterocycles. The van der Waals surface area contributed by atoms with Gasteiger partial charge < -0.3 is 4.52 Å². The number of nitriles is 1. The van der Waals surface area contributed by atoms with Crippen LogP contribution in [0.5, 0.6) is 0 Å². The zero-order chi connectivity index (χ0) is 15.0. The van der Waals surface area contributed by atoms with E-state index in [2.05, 4.69) is 11.2 Å². The summed E-state index contributed by atoms with van der Waals surface area (Å²) in [6.45, 7) is 1.97. The van der Waals surface area contributed by atoms with E-state index in [9.17, 15) is 0 Å². The van der Waals surface area contributed by atoms with Crippen molar-refractivity contribution in [1.29, 1.82) is 5.26 Å². The van der Waals surface area contributed by atoms with Gasteiger partial charge in [0.05, 0.1) is 22.9 Å². The van der Waals surface area contributed by atoms with Gasteiger partial charge in [-0.25, -0.2) is 0 Å². The highest BCUT2D eigenvalue weighted by molar-refractivity contribution is 6.36. The van der Waals surface area contributed by atoms with E-state index in [4.69, 9.17) is 33.0 Å². The Balaban J connectivity index is 2.27. The first-order valence-corrected chi connectivity index (χ1v) is 7.07. The predicted octanol–water partition coefficient (Wildman–Crippen LogP) is 5.18. The normalized spacial score (nSPS) is 10.8. The fourth-order valence-corrected chi connectivity index (χ4v) is 2.86. The molecule has 0 atom stereocenters. The van der Waals surface area contributed by atoms with Crippen LogP contribution in [0.4, 0.5) is 0 Å². The highest BCUT2D eigenvalue weighted by Gasteiger charge is 2.16. The average molecular weight is 317 g/mol. The van der Waals surface area contributed by atoms with Gasteiger partial charge in [-0.3, -0.25) is 0 Å². The van der Waals surface area contributed by atoms with Gasteiger partial charge in [-0.15, -0.1) is 0 Å². The molecular weight excluding hydrogens is 307 g/mol. The number of halogens is 2. The van der Waals surface area contributed by atoms with E-state index >= 15 is 0 Å². The van der Waals surface area contributed by atoms with Gasteiger partial charge >= 0.3 is 0 Å². The monoisotopic (exact) mass is 316 g/mol. The van der Waals surface area contributed by atoms with Gasteiger partial charge in [-0.2, -0.15) is 5.26 Å². The van der Waals surface area contributed by atoms with E-state index in [-0.39, 0.29) is 0 Å². The Labute approximate surface area is 131 Å². The van der Waals surface area contributed by atoms with Crippen LogP contribution in [0.2, 0.25) is 10.0 Å². The van der Waals surface area contributed by atoms with Crippen LogP contribution in [0.15, 0.2) is 34.9 Å². The zero-order valence-corrected chi connectivity index (χ0v) is 12.7. The first-order valence-electron chi connectivity index (χ1n) is 6.31. The molecule has 0 radical (unpaired) electrons. The molecule has 0 fully saturated rings. The molecule has 0 amide bonds. The quantitative estimate of drug-likeness (QED) is 0.654. The molecule has 21 heavy (non-hydrogen) atoms. The van der Waals surface area contributed by atoms with Crippen molar-refractivity contribution < 1.29 is 4.52 Å². The molecule has 0 aliphatic carbocycles. The minimum atomic E-state index is 0.290. The topological polar surface area (TPSA) is 49.8 Å². The van der Waals surface area contributed by atoms with Crippen LogP contribution in [-0.4, -0.2) is 5.16 Å². The summed E-state index contributed by atoms with van der Waals surface area (Å²) in [5.74, 6) is 0.592. The van der Waals surface area contributed by atoms with Gasteiger partial charge in [0.15, 0.2) is 5.76 Å². The van der Waals surface area contributed by atoms with Crippen LogP contribution >= 0.6 is 23.2 Å². The van der Waals surface area contributed by atoms with Crippen LogP contribution in [-0.2, 0) is 6.42 Å². The van der Waals surface area contributed by atoms with Gasteiger partial charge in [0.25, 0.3) is 0 Å². The Morgan fingerprint density at radius 2 is 2.05 bits per heavy atom. The largest absolute Gasteiger partial charge is 0.355 e. The zero-order valence-electron chi connectivity index (χ0n) is 11.2. The molecule has 0 saturated carbocycles. The molecule has 5 heteroatoms. The van der Waals surface area contributed by atoms with Gasteiger partial charge in [0.1, 0.15) is 5.52 Å². The van der Waals surface area contributed by atoms with Crippen LogP contribution in [0.1, 0.15) is 11.1 Å². The number of nitrogens with zero attached hydrogens (tertiary/aromatic N) is 2. The van der Waals surface area contributed by atoms with Crippen molar-refractivity contribution in [3.05, 3.63) is 51.5 Å². The second kappa shape index (κ2) is 5.40. The second-order valence-electron chi connectivity index (χ2n) is 4.79. The Morgan fingerprint density at radius 1 is 1.24 bits per heavy atom. The molecule has 3 nitrogen and oxygen atoms in total. The van der Waals surface area contributed by atoms with Crippen LogP contribution in [0, 0.1) is 18.3 Å². The van der Waals surface area contributed by atoms with Crippen molar-refractivity contribution in [2.24, 2.45) is 0 Å². The van der Waals surface area contributed by atoms with Crippen molar-refractivity contribution in [1.82, 2.24) is 5.16 Å². The van der Waals surface area contributed by atoms with Gasteiger partial charge in [0.2, 0.25) is 0 Å². The molecule has 0 N–H and O–H groups in total. The molecule has 0 aliphatic heterocycles. The van der Waals surface area contributed by atoms with E-state index in [0.717, 1.165) is 22.1 Å². The highest BCUT2D eigenvalue weighted by atomic mass is 35.5. The number of aromatic nitrogens is 1. The van der Waals surface area contributed by atoms with Crippen LogP contribution in [0.25, 0.3) is 22.2 Å². The summed E-state index contributed by atoms with van der Waals surface area (Å²) in [6.07, 6.45) is 0.290. The SMILES string of the molecule is Cc1cc(CC#N)c2noc(-c3ccc(Cl)cc3Cl)c2c1. The lowest BCUT2D eigenvalue weighted by molar-refractivity contribution is 0.440. The van der Waals surface area contributed by atoms with E-state index in [0.29, 0.717) is 27.7 Å². The van der Waals surface area contributed by atoms with Crippen molar-refractivity contribution in [3.63, 3.8) is 0 Å². The Hall–Kier alpha value is -2.02. The maximum Gasteiger partial charge on any atom is 0.176 e. The smallest absolute Gasteiger partial charge is 0.176 e. The summed E-state index contributed by atoms with van der Waals surface area (Å²) < 4.78 is 5.48. The van der Waals surface area contributed by atoms with Gasteiger partial charge in [0, 0.05) is 10.6 Å². The number of hydrogen-bond acceptors (Lipinski definition) is 3. The molecule has 1 aromatic heterocycles. The summed E-state index contributed by atoms with van der Waals surface area (Å²) in [5.41, 5.74) is 3.33. The molecule has 0 spiro atoms. The van der Waals surface area contributed by atoms with Crippen molar-refractivity contribution in [3.8, 4) is 17.4 Å². The van der Waals surface area contributed by atoms with Crippen LogP contribution < -0.4 is 0 Å². The molecule has 3 rings (SSSR count). The molecule has 0 bridgehead atoms. The molecule has 3 aromatic rings. The van der Waals surface area contributed by atoms with E-state index < -0.39 is 0 Å². The maximum atomic E-state index is 8.92. The lowest BCUT2D eigenvalue weighted by atomic mass is 10.0. The third-order valence-electron chi connectivity index (χ3n) is 3.25. The van der Waals surface area contributed by atoms with Crippen LogP contribution in [0.3, 0.4) is 0 Å². The summed E-state index contributed by atoms with van der Waals surface area (Å²) in [5, 5.41) is 14.9. The van der Waals surface area contributed by atoms with E-state index in [1.807, 2.05) is 19.1 Å². The third kappa shape index (κ3) is 2.49. The first-order chi connectivity index (χ1) is 10.1. The highest BCUT2D eigenvalue weighted by Crippen LogP contribution is 2.36. The lowest BCUT2D eigenvalue weighted by Crippen LogP contribution is -1.86. The summed E-state index contributed by atoms with van der Waals surface area (Å²) in [6, 6.07) is 11.3. The minimum absolute atomic E-state index is 0.290. The Bertz CT molecular complexity index is 878. The number of fused-ring (bicyclic) bond motifs is 1. The number of rotatable bonds is 2. The standard InChI is InChI=1S/C16H10Cl2N2O/c1-9-6-10(4-5-19)15-13(7-9)16(21-20-15)12-3-2-11(17)8-14(12)18/h2-3,6-8H,4H2,1H3. The number of hydrogen-bond donors (Lipinski definition) is 0. The summed E-state index contributed by atoms with van der Waals surface area (Å²) in [4.78, 5) is 0. The van der Waals surface area contributed by atoms with Crippen molar-refractivity contribution in [2.75, 3.05) is 0 Å². The van der Waals surface area contributed by atoms with Gasteiger partial charge in [-0.1, -0.05) is 34.4 Å². The average Bonchev–Trinajstić information content (AvgIpc) is 2.83. The number of benzene rings is 2. The fourth-order valence-electron chi connectivity index (χ4n) is 2.36. The van der Waals surface area contributed by atoms with E-state index in [1.54, 1.807) is 18.2 Å². The molecule has 104 valence electrons. The van der Waals surface area contributed by atoms with Crippen molar-refractivity contribution in [2.45, 2.75) is 13.3 Å². The van der Waals surface area contributed by atoms with Gasteiger partial charge in [-0.05, 0) is 42.3 Å². The molecule has 0 unspecified atom stereocenters. The molecule has 2 aromatic carbocycles. The molecular formula is C16H10Cl2N2O. The Morgan fingerprint density at radius 3 is 2.76 bits per heavy atom. The molecule has 1 heterocycles. The Kier molecular flexibility index (Phi) is 3.59. The first kappa shape index (κ1) is 13.9. The van der Waals surface area contributed by atoms with Crippen molar-refractivity contribution >= 4 is 34.1 Å². The summed E-state index contributed by atoms with van der Waals surface area (Å²) in [7, 11) is 0. The maximum absolute atomic E-state index is 8.92.